The number of rotatable bonds is 7. The monoisotopic (exact) mass is 318 g/mol. The van der Waals surface area contributed by atoms with Crippen molar-refractivity contribution in [3.63, 3.8) is 0 Å². The highest BCUT2D eigenvalue weighted by molar-refractivity contribution is 6.30. The second-order valence-electron chi connectivity index (χ2n) is 5.49. The van der Waals surface area contributed by atoms with E-state index in [1.165, 1.54) is 5.56 Å². The third-order valence-corrected chi connectivity index (χ3v) is 3.80. The molecule has 1 atom stereocenters. The number of benzene rings is 1. The summed E-state index contributed by atoms with van der Waals surface area (Å²) in [5.41, 5.74) is 2.38. The number of aromatic nitrogens is 1. The number of alkyl halides is 1. The maximum Gasteiger partial charge on any atom is 0.240 e. The highest BCUT2D eigenvalue weighted by atomic mass is 35.5. The van der Waals surface area contributed by atoms with E-state index in [1.807, 2.05) is 29.2 Å². The Kier molecular flexibility index (Phi) is 6.08. The van der Waals surface area contributed by atoms with Crippen molar-refractivity contribution < 1.29 is 4.79 Å². The van der Waals surface area contributed by atoms with Crippen LogP contribution in [0.5, 0.6) is 0 Å². The lowest BCUT2D eigenvalue weighted by atomic mass is 10.2. The molecule has 118 valence electrons. The van der Waals surface area contributed by atoms with Gasteiger partial charge in [-0.05, 0) is 31.0 Å². The third-order valence-electron chi connectivity index (χ3n) is 3.62. The molecule has 0 aliphatic heterocycles. The predicted molar refractivity (Wildman–Crippen MR) is 91.0 cm³/mol. The molecular weight excluding hydrogens is 296 g/mol. The van der Waals surface area contributed by atoms with Crippen LogP contribution in [-0.2, 0) is 17.9 Å². The highest BCUT2D eigenvalue weighted by Crippen LogP contribution is 2.13. The van der Waals surface area contributed by atoms with Gasteiger partial charge in [-0.15, -0.1) is 11.6 Å². The first-order chi connectivity index (χ1) is 10.6. The predicted octanol–water partition coefficient (Wildman–Crippen LogP) is 3.90. The number of amides is 1. The van der Waals surface area contributed by atoms with E-state index in [2.05, 4.69) is 35.9 Å². The first-order valence-corrected chi connectivity index (χ1v) is 8.16. The van der Waals surface area contributed by atoms with E-state index in [9.17, 15) is 4.79 Å². The molecule has 0 aliphatic rings. The van der Waals surface area contributed by atoms with Crippen molar-refractivity contribution >= 4 is 17.5 Å². The summed E-state index contributed by atoms with van der Waals surface area (Å²) in [5.74, 6) is -0.00372. The van der Waals surface area contributed by atoms with E-state index >= 15 is 0 Å². The van der Waals surface area contributed by atoms with Crippen molar-refractivity contribution in [2.45, 2.75) is 38.7 Å². The van der Waals surface area contributed by atoms with Crippen LogP contribution < -0.4 is 0 Å². The lowest BCUT2D eigenvalue weighted by Gasteiger charge is -2.24. The number of hydrogen-bond acceptors (Lipinski definition) is 1. The van der Waals surface area contributed by atoms with Crippen molar-refractivity contribution in [2.75, 3.05) is 6.54 Å². The Balaban J connectivity index is 2.12. The summed E-state index contributed by atoms with van der Waals surface area (Å²) >= 11 is 5.97. The molecular formula is C18H23ClN2O. The van der Waals surface area contributed by atoms with Gasteiger partial charge in [0.1, 0.15) is 5.38 Å². The summed E-state index contributed by atoms with van der Waals surface area (Å²) in [6.07, 6.45) is 2.98. The van der Waals surface area contributed by atoms with E-state index in [0.29, 0.717) is 6.54 Å². The van der Waals surface area contributed by atoms with Crippen LogP contribution in [-0.4, -0.2) is 27.3 Å². The largest absolute Gasteiger partial charge is 0.345 e. The van der Waals surface area contributed by atoms with Gasteiger partial charge in [0.15, 0.2) is 0 Å². The number of carbonyl (C=O) groups excluding carboxylic acids is 1. The molecule has 0 bridgehead atoms. The van der Waals surface area contributed by atoms with Crippen LogP contribution in [0.1, 0.15) is 31.5 Å². The molecule has 0 fully saturated rings. The normalized spacial score (nSPS) is 12.1. The fraction of sp³-hybridized carbons (Fsp3) is 0.389. The van der Waals surface area contributed by atoms with Crippen LogP contribution in [0.3, 0.4) is 0 Å². The van der Waals surface area contributed by atoms with E-state index in [-0.39, 0.29) is 5.91 Å². The molecule has 1 heterocycles. The molecule has 0 aliphatic carbocycles. The lowest BCUT2D eigenvalue weighted by molar-refractivity contribution is -0.131. The smallest absolute Gasteiger partial charge is 0.240 e. The standard InChI is InChI=1S/C18H23ClN2O/c1-3-11-21(18(22)15(2)19)14-17-10-7-12-20(17)13-16-8-5-4-6-9-16/h4-10,12,15H,3,11,13-14H2,1-2H3. The molecule has 2 rings (SSSR count). The van der Waals surface area contributed by atoms with Gasteiger partial charge in [-0.25, -0.2) is 0 Å². The molecule has 3 nitrogen and oxygen atoms in total. The van der Waals surface area contributed by atoms with Gasteiger partial charge in [0.05, 0.1) is 6.54 Å². The van der Waals surface area contributed by atoms with Gasteiger partial charge < -0.3 is 9.47 Å². The minimum atomic E-state index is -0.482. The van der Waals surface area contributed by atoms with Crippen LogP contribution in [0.25, 0.3) is 0 Å². The lowest BCUT2D eigenvalue weighted by Crippen LogP contribution is -2.36. The van der Waals surface area contributed by atoms with E-state index in [1.54, 1.807) is 6.92 Å². The van der Waals surface area contributed by atoms with Crippen molar-refractivity contribution in [2.24, 2.45) is 0 Å². The van der Waals surface area contributed by atoms with Crippen LogP contribution in [0.2, 0.25) is 0 Å². The minimum absolute atomic E-state index is 0.00372. The zero-order valence-electron chi connectivity index (χ0n) is 13.2. The maximum absolute atomic E-state index is 12.2. The van der Waals surface area contributed by atoms with E-state index in [4.69, 9.17) is 11.6 Å². The first-order valence-electron chi connectivity index (χ1n) is 7.72. The average molecular weight is 319 g/mol. The number of carbonyl (C=O) groups is 1. The Morgan fingerprint density at radius 3 is 2.59 bits per heavy atom. The van der Waals surface area contributed by atoms with Crippen molar-refractivity contribution in [3.05, 3.63) is 59.9 Å². The topological polar surface area (TPSA) is 25.2 Å². The van der Waals surface area contributed by atoms with Gasteiger partial charge in [0.25, 0.3) is 0 Å². The van der Waals surface area contributed by atoms with Gasteiger partial charge in [-0.2, -0.15) is 0 Å². The Morgan fingerprint density at radius 2 is 1.95 bits per heavy atom. The van der Waals surface area contributed by atoms with Gasteiger partial charge >= 0.3 is 0 Å². The summed E-state index contributed by atoms with van der Waals surface area (Å²) in [6.45, 7) is 5.95. The van der Waals surface area contributed by atoms with Crippen molar-refractivity contribution in [1.82, 2.24) is 9.47 Å². The van der Waals surface area contributed by atoms with Crippen LogP contribution in [0.4, 0.5) is 0 Å². The van der Waals surface area contributed by atoms with Gasteiger partial charge in [-0.1, -0.05) is 37.3 Å². The molecule has 1 aromatic heterocycles. The molecule has 0 saturated carbocycles. The Bertz CT molecular complexity index is 592. The van der Waals surface area contributed by atoms with Gasteiger partial charge in [-0.3, -0.25) is 4.79 Å². The van der Waals surface area contributed by atoms with E-state index < -0.39 is 5.38 Å². The molecule has 1 unspecified atom stereocenters. The zero-order chi connectivity index (χ0) is 15.9. The van der Waals surface area contributed by atoms with Crippen molar-refractivity contribution in [1.29, 1.82) is 0 Å². The van der Waals surface area contributed by atoms with E-state index in [0.717, 1.165) is 25.2 Å². The Morgan fingerprint density at radius 1 is 1.23 bits per heavy atom. The third kappa shape index (κ3) is 4.38. The fourth-order valence-corrected chi connectivity index (χ4v) is 2.65. The fourth-order valence-electron chi connectivity index (χ4n) is 2.51. The molecule has 1 amide bonds. The summed E-state index contributed by atoms with van der Waals surface area (Å²) in [6, 6.07) is 14.4. The van der Waals surface area contributed by atoms with Crippen LogP contribution >= 0.6 is 11.6 Å². The highest BCUT2D eigenvalue weighted by Gasteiger charge is 2.19. The molecule has 0 N–H and O–H groups in total. The maximum atomic E-state index is 12.2. The molecule has 2 aromatic rings. The quantitative estimate of drug-likeness (QED) is 0.711. The first kappa shape index (κ1) is 16.6. The molecule has 22 heavy (non-hydrogen) atoms. The molecule has 0 saturated heterocycles. The Labute approximate surface area is 137 Å². The summed E-state index contributed by atoms with van der Waals surface area (Å²) < 4.78 is 2.18. The zero-order valence-corrected chi connectivity index (χ0v) is 14.0. The molecule has 0 spiro atoms. The van der Waals surface area contributed by atoms with Crippen LogP contribution in [0, 0.1) is 0 Å². The number of hydrogen-bond donors (Lipinski definition) is 0. The van der Waals surface area contributed by atoms with Crippen molar-refractivity contribution in [3.8, 4) is 0 Å². The van der Waals surface area contributed by atoms with Crippen LogP contribution in [0.15, 0.2) is 48.7 Å². The summed E-state index contributed by atoms with van der Waals surface area (Å²) in [7, 11) is 0. The molecule has 4 heteroatoms. The Hall–Kier alpha value is -1.74. The number of nitrogens with zero attached hydrogens (tertiary/aromatic N) is 2. The summed E-state index contributed by atoms with van der Waals surface area (Å²) in [5, 5.41) is -0.482. The van der Waals surface area contributed by atoms with Gasteiger partial charge in [0.2, 0.25) is 5.91 Å². The second kappa shape index (κ2) is 8.04. The molecule has 0 radical (unpaired) electrons. The second-order valence-corrected chi connectivity index (χ2v) is 6.14. The number of halogens is 1. The summed E-state index contributed by atoms with van der Waals surface area (Å²) in [4.78, 5) is 14.1. The average Bonchev–Trinajstić information content (AvgIpc) is 2.94. The minimum Gasteiger partial charge on any atom is -0.345 e. The van der Waals surface area contributed by atoms with Gasteiger partial charge in [0, 0.05) is 25.0 Å². The SMILES string of the molecule is CCCN(Cc1cccn1Cc1ccccc1)C(=O)C(C)Cl. The molecule has 1 aromatic carbocycles.